The fourth-order valence-corrected chi connectivity index (χ4v) is 1.37. The second-order valence-electron chi connectivity index (χ2n) is 3.04. The maximum Gasteiger partial charge on any atom is 0.0102 e. The number of thiol groups is 1. The van der Waals surface area contributed by atoms with Gasteiger partial charge in [-0.15, -0.1) is 6.58 Å². The molecule has 0 aromatic carbocycles. The van der Waals surface area contributed by atoms with Crippen molar-refractivity contribution in [1.29, 1.82) is 0 Å². The molecule has 1 nitrogen and oxygen atoms in total. The summed E-state index contributed by atoms with van der Waals surface area (Å²) in [6, 6.07) is 0.620. The Labute approximate surface area is 82.0 Å². The summed E-state index contributed by atoms with van der Waals surface area (Å²) < 4.78 is 0. The van der Waals surface area contributed by atoms with E-state index in [0.717, 1.165) is 18.7 Å². The first-order valence-electron chi connectivity index (χ1n) is 4.80. The predicted molar refractivity (Wildman–Crippen MR) is 60.0 cm³/mol. The molecule has 72 valence electrons. The first-order chi connectivity index (χ1) is 5.85. The molecule has 0 saturated heterocycles. The Kier molecular flexibility index (Phi) is 9.18. The van der Waals surface area contributed by atoms with Gasteiger partial charge in [-0.3, -0.25) is 0 Å². The molecule has 1 unspecified atom stereocenters. The molecule has 0 aliphatic carbocycles. The van der Waals surface area contributed by atoms with Crippen LogP contribution in [-0.4, -0.2) is 18.3 Å². The van der Waals surface area contributed by atoms with E-state index in [1.165, 1.54) is 19.3 Å². The summed E-state index contributed by atoms with van der Waals surface area (Å²) in [6.45, 7) is 7.06. The van der Waals surface area contributed by atoms with Crippen molar-refractivity contribution in [2.24, 2.45) is 0 Å². The highest BCUT2D eigenvalue weighted by molar-refractivity contribution is 7.80. The van der Waals surface area contributed by atoms with Gasteiger partial charge in [0.05, 0.1) is 0 Å². The largest absolute Gasteiger partial charge is 0.314 e. The van der Waals surface area contributed by atoms with Crippen molar-refractivity contribution in [1.82, 2.24) is 5.32 Å². The summed E-state index contributed by atoms with van der Waals surface area (Å²) in [4.78, 5) is 0. The van der Waals surface area contributed by atoms with Crippen LogP contribution in [0.5, 0.6) is 0 Å². The van der Waals surface area contributed by atoms with Crippen molar-refractivity contribution < 1.29 is 0 Å². The van der Waals surface area contributed by atoms with Gasteiger partial charge in [0.25, 0.3) is 0 Å². The Morgan fingerprint density at radius 3 is 2.83 bits per heavy atom. The van der Waals surface area contributed by atoms with Gasteiger partial charge in [-0.2, -0.15) is 12.6 Å². The second-order valence-corrected chi connectivity index (χ2v) is 3.49. The first kappa shape index (κ1) is 12.0. The Bertz CT molecular complexity index is 96.0. The van der Waals surface area contributed by atoms with Gasteiger partial charge >= 0.3 is 0 Å². The van der Waals surface area contributed by atoms with Crippen LogP contribution in [0.15, 0.2) is 12.7 Å². The van der Waals surface area contributed by atoms with Gasteiger partial charge in [-0.1, -0.05) is 13.0 Å². The molecule has 0 amide bonds. The predicted octanol–water partition coefficient (Wildman–Crippen LogP) is 2.64. The van der Waals surface area contributed by atoms with Crippen molar-refractivity contribution in [2.45, 2.75) is 38.6 Å². The van der Waals surface area contributed by atoms with Crippen LogP contribution in [0.1, 0.15) is 32.6 Å². The van der Waals surface area contributed by atoms with E-state index >= 15 is 0 Å². The van der Waals surface area contributed by atoms with Crippen molar-refractivity contribution in [3.8, 4) is 0 Å². The average Bonchev–Trinajstić information content (AvgIpc) is 2.10. The molecule has 0 aliphatic rings. The molecule has 0 aromatic rings. The zero-order valence-corrected chi connectivity index (χ0v) is 8.95. The fourth-order valence-electron chi connectivity index (χ4n) is 1.19. The molecule has 0 radical (unpaired) electrons. The molecule has 0 aliphatic heterocycles. The molecular weight excluding hydrogens is 166 g/mol. The molecule has 0 rings (SSSR count). The van der Waals surface area contributed by atoms with Crippen molar-refractivity contribution in [3.05, 3.63) is 12.7 Å². The zero-order valence-electron chi connectivity index (χ0n) is 8.05. The molecule has 12 heavy (non-hydrogen) atoms. The van der Waals surface area contributed by atoms with Crippen molar-refractivity contribution >= 4 is 12.6 Å². The molecule has 0 spiro atoms. The van der Waals surface area contributed by atoms with Gasteiger partial charge in [0, 0.05) is 6.04 Å². The zero-order chi connectivity index (χ0) is 9.23. The van der Waals surface area contributed by atoms with Crippen LogP contribution >= 0.6 is 12.6 Å². The van der Waals surface area contributed by atoms with E-state index in [4.69, 9.17) is 0 Å². The minimum atomic E-state index is 0.620. The van der Waals surface area contributed by atoms with Gasteiger partial charge in [-0.05, 0) is 38.0 Å². The molecule has 1 N–H and O–H groups in total. The molecule has 0 fully saturated rings. The van der Waals surface area contributed by atoms with E-state index < -0.39 is 0 Å². The van der Waals surface area contributed by atoms with Gasteiger partial charge in [0.15, 0.2) is 0 Å². The summed E-state index contributed by atoms with van der Waals surface area (Å²) in [5.41, 5.74) is 0. The highest BCUT2D eigenvalue weighted by Crippen LogP contribution is 2.03. The van der Waals surface area contributed by atoms with E-state index in [-0.39, 0.29) is 0 Å². The number of rotatable bonds is 8. The summed E-state index contributed by atoms with van der Waals surface area (Å²) in [6.07, 6.45) is 6.68. The minimum absolute atomic E-state index is 0.620. The lowest BCUT2D eigenvalue weighted by atomic mass is 10.1. The van der Waals surface area contributed by atoms with E-state index in [1.54, 1.807) is 0 Å². The number of nitrogens with one attached hydrogen (secondary N) is 1. The molecule has 1 atom stereocenters. The second kappa shape index (κ2) is 9.14. The lowest BCUT2D eigenvalue weighted by Crippen LogP contribution is -2.29. The van der Waals surface area contributed by atoms with Crippen molar-refractivity contribution in [2.75, 3.05) is 12.3 Å². The third-order valence-electron chi connectivity index (χ3n) is 1.84. The smallest absolute Gasteiger partial charge is 0.0102 e. The topological polar surface area (TPSA) is 12.0 Å². The highest BCUT2D eigenvalue weighted by atomic mass is 32.1. The lowest BCUT2D eigenvalue weighted by molar-refractivity contribution is 0.481. The van der Waals surface area contributed by atoms with Gasteiger partial charge in [-0.25, -0.2) is 0 Å². The number of hydrogen-bond acceptors (Lipinski definition) is 2. The molecule has 0 bridgehead atoms. The molecule has 2 heteroatoms. The fraction of sp³-hybridized carbons (Fsp3) is 0.800. The molecule has 0 saturated carbocycles. The van der Waals surface area contributed by atoms with E-state index in [1.807, 2.05) is 6.08 Å². The summed E-state index contributed by atoms with van der Waals surface area (Å²) in [7, 11) is 0. The van der Waals surface area contributed by atoms with Crippen LogP contribution < -0.4 is 5.32 Å². The van der Waals surface area contributed by atoms with E-state index in [0.29, 0.717) is 6.04 Å². The van der Waals surface area contributed by atoms with Crippen LogP contribution in [0.3, 0.4) is 0 Å². The highest BCUT2D eigenvalue weighted by Gasteiger charge is 2.03. The van der Waals surface area contributed by atoms with Crippen LogP contribution in [0, 0.1) is 0 Å². The molecular formula is C10H21NS. The molecule has 0 aromatic heterocycles. The van der Waals surface area contributed by atoms with E-state index in [9.17, 15) is 0 Å². The molecule has 0 heterocycles. The minimum Gasteiger partial charge on any atom is -0.314 e. The van der Waals surface area contributed by atoms with Crippen LogP contribution in [-0.2, 0) is 0 Å². The van der Waals surface area contributed by atoms with Crippen molar-refractivity contribution in [3.63, 3.8) is 0 Å². The normalized spacial score (nSPS) is 12.8. The maximum atomic E-state index is 4.20. The quantitative estimate of drug-likeness (QED) is 0.440. The van der Waals surface area contributed by atoms with Gasteiger partial charge in [0.1, 0.15) is 0 Å². The Morgan fingerprint density at radius 2 is 2.33 bits per heavy atom. The number of hydrogen-bond donors (Lipinski definition) is 2. The monoisotopic (exact) mass is 187 g/mol. The van der Waals surface area contributed by atoms with E-state index in [2.05, 4.69) is 31.4 Å². The third kappa shape index (κ3) is 6.74. The van der Waals surface area contributed by atoms with Gasteiger partial charge in [0.2, 0.25) is 0 Å². The summed E-state index contributed by atoms with van der Waals surface area (Å²) in [5, 5.41) is 3.50. The summed E-state index contributed by atoms with van der Waals surface area (Å²) >= 11 is 4.20. The lowest BCUT2D eigenvalue weighted by Gasteiger charge is -2.15. The summed E-state index contributed by atoms with van der Waals surface area (Å²) in [5.74, 6) is 0.988. The van der Waals surface area contributed by atoms with Crippen LogP contribution in [0.2, 0.25) is 0 Å². The Balaban J connectivity index is 3.46. The van der Waals surface area contributed by atoms with Crippen LogP contribution in [0.25, 0.3) is 0 Å². The SMILES string of the molecule is C=CCC(CCCS)NCCC. The third-order valence-corrected chi connectivity index (χ3v) is 2.16. The Morgan fingerprint density at radius 1 is 1.58 bits per heavy atom. The average molecular weight is 187 g/mol. The van der Waals surface area contributed by atoms with Crippen LogP contribution in [0.4, 0.5) is 0 Å². The Hall–Kier alpha value is 0.0500. The maximum absolute atomic E-state index is 4.20. The first-order valence-corrected chi connectivity index (χ1v) is 5.43. The van der Waals surface area contributed by atoms with Gasteiger partial charge < -0.3 is 5.32 Å². The standard InChI is InChI=1S/C10H21NS/c1-3-6-10(7-5-9-12)11-8-4-2/h3,10-12H,1,4-9H2,2H3.